The van der Waals surface area contributed by atoms with Gasteiger partial charge in [0.1, 0.15) is 5.82 Å². The standard InChI is InChI=1S/C13H17BrFNO2/c14-12-8-11(15)5-4-9(12)7-10(13(17)18)3-1-2-6-16/h4-5,8,10H,1-3,6-7,16H2,(H,17,18). The molecule has 0 aliphatic carbocycles. The zero-order valence-electron chi connectivity index (χ0n) is 10.0. The molecule has 0 fully saturated rings. The van der Waals surface area contributed by atoms with Gasteiger partial charge in [-0.1, -0.05) is 28.4 Å². The fourth-order valence-electron chi connectivity index (χ4n) is 1.80. The largest absolute Gasteiger partial charge is 0.481 e. The number of aliphatic carboxylic acids is 1. The van der Waals surface area contributed by atoms with Gasteiger partial charge in [-0.3, -0.25) is 4.79 Å². The summed E-state index contributed by atoms with van der Waals surface area (Å²) in [6.45, 7) is 0.576. The zero-order valence-corrected chi connectivity index (χ0v) is 11.6. The van der Waals surface area contributed by atoms with E-state index in [9.17, 15) is 9.18 Å². The van der Waals surface area contributed by atoms with Crippen molar-refractivity contribution in [3.63, 3.8) is 0 Å². The molecule has 5 heteroatoms. The van der Waals surface area contributed by atoms with Gasteiger partial charge < -0.3 is 10.8 Å². The fourth-order valence-corrected chi connectivity index (χ4v) is 2.31. The molecule has 0 spiro atoms. The summed E-state index contributed by atoms with van der Waals surface area (Å²) in [6, 6.07) is 4.32. The first-order valence-electron chi connectivity index (χ1n) is 5.91. The second-order valence-corrected chi connectivity index (χ2v) is 5.11. The molecule has 1 unspecified atom stereocenters. The zero-order chi connectivity index (χ0) is 13.5. The molecular formula is C13H17BrFNO2. The Morgan fingerprint density at radius 1 is 1.44 bits per heavy atom. The first kappa shape index (κ1) is 15.1. The van der Waals surface area contributed by atoms with Crippen LogP contribution in [0.25, 0.3) is 0 Å². The highest BCUT2D eigenvalue weighted by atomic mass is 79.9. The van der Waals surface area contributed by atoms with Crippen molar-refractivity contribution >= 4 is 21.9 Å². The van der Waals surface area contributed by atoms with Crippen LogP contribution in [-0.2, 0) is 11.2 Å². The van der Waals surface area contributed by atoms with Crippen LogP contribution in [0.1, 0.15) is 24.8 Å². The van der Waals surface area contributed by atoms with Crippen molar-refractivity contribution in [1.82, 2.24) is 0 Å². The smallest absolute Gasteiger partial charge is 0.306 e. The predicted octanol–water partition coefficient (Wildman–Crippen LogP) is 2.96. The molecule has 1 atom stereocenters. The number of halogens is 2. The van der Waals surface area contributed by atoms with Gasteiger partial charge >= 0.3 is 5.97 Å². The number of benzene rings is 1. The van der Waals surface area contributed by atoms with Gasteiger partial charge in [0.15, 0.2) is 0 Å². The normalized spacial score (nSPS) is 12.4. The molecule has 18 heavy (non-hydrogen) atoms. The lowest BCUT2D eigenvalue weighted by molar-refractivity contribution is -0.142. The van der Waals surface area contributed by atoms with E-state index < -0.39 is 11.9 Å². The van der Waals surface area contributed by atoms with E-state index in [0.29, 0.717) is 23.9 Å². The number of rotatable bonds is 7. The van der Waals surface area contributed by atoms with Gasteiger partial charge in [-0.05, 0) is 43.5 Å². The van der Waals surface area contributed by atoms with Crippen LogP contribution in [-0.4, -0.2) is 17.6 Å². The van der Waals surface area contributed by atoms with E-state index in [1.165, 1.54) is 12.1 Å². The number of nitrogens with two attached hydrogens (primary N) is 1. The maximum atomic E-state index is 12.9. The van der Waals surface area contributed by atoms with E-state index in [4.69, 9.17) is 10.8 Å². The van der Waals surface area contributed by atoms with Crippen molar-refractivity contribution in [3.05, 3.63) is 34.1 Å². The molecular weight excluding hydrogens is 301 g/mol. The molecule has 1 rings (SSSR count). The second-order valence-electron chi connectivity index (χ2n) is 4.26. The van der Waals surface area contributed by atoms with E-state index in [-0.39, 0.29) is 5.82 Å². The van der Waals surface area contributed by atoms with Crippen LogP contribution in [0.5, 0.6) is 0 Å². The number of carboxylic acids is 1. The van der Waals surface area contributed by atoms with Crippen LogP contribution in [0.15, 0.2) is 22.7 Å². The summed E-state index contributed by atoms with van der Waals surface area (Å²) >= 11 is 3.25. The highest BCUT2D eigenvalue weighted by Gasteiger charge is 2.18. The molecule has 3 nitrogen and oxygen atoms in total. The van der Waals surface area contributed by atoms with E-state index in [0.717, 1.165) is 18.4 Å². The number of carboxylic acid groups (broad SMARTS) is 1. The summed E-state index contributed by atoms with van der Waals surface area (Å²) in [7, 11) is 0. The first-order chi connectivity index (χ1) is 8.54. The van der Waals surface area contributed by atoms with Crippen LogP contribution in [0.3, 0.4) is 0 Å². The van der Waals surface area contributed by atoms with Crippen molar-refractivity contribution in [2.75, 3.05) is 6.54 Å². The summed E-state index contributed by atoms with van der Waals surface area (Å²) < 4.78 is 13.5. The van der Waals surface area contributed by atoms with Crippen molar-refractivity contribution in [2.45, 2.75) is 25.7 Å². The Labute approximate surface area is 114 Å². The Kier molecular flexibility index (Phi) is 6.29. The van der Waals surface area contributed by atoms with E-state index in [1.807, 2.05) is 0 Å². The Morgan fingerprint density at radius 3 is 2.72 bits per heavy atom. The Hall–Kier alpha value is -0.940. The Bertz CT molecular complexity index is 412. The molecule has 0 heterocycles. The lowest BCUT2D eigenvalue weighted by Gasteiger charge is -2.13. The molecule has 0 aliphatic heterocycles. The molecule has 0 saturated carbocycles. The summed E-state index contributed by atoms with van der Waals surface area (Å²) in [5.41, 5.74) is 6.20. The van der Waals surface area contributed by atoms with Crippen molar-refractivity contribution < 1.29 is 14.3 Å². The number of unbranched alkanes of at least 4 members (excludes halogenated alkanes) is 1. The Balaban J connectivity index is 2.67. The SMILES string of the molecule is NCCCCC(Cc1ccc(F)cc1Br)C(=O)O. The highest BCUT2D eigenvalue weighted by Crippen LogP contribution is 2.23. The highest BCUT2D eigenvalue weighted by molar-refractivity contribution is 9.10. The molecule has 3 N–H and O–H groups in total. The molecule has 0 aromatic heterocycles. The fraction of sp³-hybridized carbons (Fsp3) is 0.462. The van der Waals surface area contributed by atoms with E-state index in [1.54, 1.807) is 6.07 Å². The quantitative estimate of drug-likeness (QED) is 0.760. The third-order valence-corrected chi connectivity index (χ3v) is 3.58. The van der Waals surface area contributed by atoms with Crippen molar-refractivity contribution in [2.24, 2.45) is 11.7 Å². The van der Waals surface area contributed by atoms with Gasteiger partial charge in [-0.2, -0.15) is 0 Å². The molecule has 0 amide bonds. The van der Waals surface area contributed by atoms with Crippen LogP contribution >= 0.6 is 15.9 Å². The number of hydrogen-bond acceptors (Lipinski definition) is 2. The van der Waals surface area contributed by atoms with Crippen LogP contribution in [0.2, 0.25) is 0 Å². The maximum Gasteiger partial charge on any atom is 0.306 e. The van der Waals surface area contributed by atoms with Gasteiger partial charge in [0.25, 0.3) is 0 Å². The summed E-state index contributed by atoms with van der Waals surface area (Å²) in [6.07, 6.45) is 2.62. The average Bonchev–Trinajstić information content (AvgIpc) is 2.30. The molecule has 0 bridgehead atoms. The summed E-state index contributed by atoms with van der Waals surface area (Å²) in [5, 5.41) is 9.16. The topological polar surface area (TPSA) is 63.3 Å². The summed E-state index contributed by atoms with van der Waals surface area (Å²) in [4.78, 5) is 11.2. The van der Waals surface area contributed by atoms with Crippen LogP contribution in [0, 0.1) is 11.7 Å². The molecule has 1 aromatic rings. The minimum absolute atomic E-state index is 0.333. The van der Waals surface area contributed by atoms with Gasteiger partial charge in [-0.25, -0.2) is 4.39 Å². The lowest BCUT2D eigenvalue weighted by Crippen LogP contribution is -2.17. The van der Waals surface area contributed by atoms with Gasteiger partial charge in [0.05, 0.1) is 5.92 Å². The molecule has 0 radical (unpaired) electrons. The van der Waals surface area contributed by atoms with Gasteiger partial charge in [-0.15, -0.1) is 0 Å². The third kappa shape index (κ3) is 4.74. The minimum atomic E-state index is -0.816. The molecule has 100 valence electrons. The average molecular weight is 318 g/mol. The summed E-state index contributed by atoms with van der Waals surface area (Å²) in [5.74, 6) is -1.60. The minimum Gasteiger partial charge on any atom is -0.481 e. The van der Waals surface area contributed by atoms with Gasteiger partial charge in [0, 0.05) is 4.47 Å². The monoisotopic (exact) mass is 317 g/mol. The Morgan fingerprint density at radius 2 is 2.17 bits per heavy atom. The maximum absolute atomic E-state index is 12.9. The molecule has 1 aromatic carbocycles. The third-order valence-electron chi connectivity index (χ3n) is 2.84. The number of carbonyl (C=O) groups is 1. The van der Waals surface area contributed by atoms with E-state index >= 15 is 0 Å². The first-order valence-corrected chi connectivity index (χ1v) is 6.70. The van der Waals surface area contributed by atoms with Crippen LogP contribution < -0.4 is 5.73 Å². The molecule has 0 saturated heterocycles. The van der Waals surface area contributed by atoms with Crippen molar-refractivity contribution in [1.29, 1.82) is 0 Å². The van der Waals surface area contributed by atoms with E-state index in [2.05, 4.69) is 15.9 Å². The van der Waals surface area contributed by atoms with Crippen molar-refractivity contribution in [3.8, 4) is 0 Å². The predicted molar refractivity (Wildman–Crippen MR) is 71.8 cm³/mol. The van der Waals surface area contributed by atoms with Gasteiger partial charge in [0.2, 0.25) is 0 Å². The van der Waals surface area contributed by atoms with Crippen LogP contribution in [0.4, 0.5) is 4.39 Å². The number of hydrogen-bond donors (Lipinski definition) is 2. The molecule has 0 aliphatic rings. The second kappa shape index (κ2) is 7.48. The lowest BCUT2D eigenvalue weighted by atomic mass is 9.94.